The van der Waals surface area contributed by atoms with Gasteiger partial charge in [0.2, 0.25) is 0 Å². The van der Waals surface area contributed by atoms with Gasteiger partial charge in [-0.05, 0) is 26.0 Å². The Hall–Kier alpha value is -3.19. The summed E-state index contributed by atoms with van der Waals surface area (Å²) in [6.07, 6.45) is 1.47. The lowest BCUT2D eigenvalue weighted by molar-refractivity contribution is -0.132. The first-order chi connectivity index (χ1) is 13.0. The van der Waals surface area contributed by atoms with E-state index in [9.17, 15) is 14.7 Å². The molecule has 1 fully saturated rings. The lowest BCUT2D eigenvalue weighted by atomic mass is 9.99. The Bertz CT molecular complexity index is 1030. The number of rotatable bonds is 3. The minimum absolute atomic E-state index is 0.00773. The molecule has 136 valence electrons. The van der Waals surface area contributed by atoms with E-state index in [-0.39, 0.29) is 11.3 Å². The lowest BCUT2D eigenvalue weighted by Crippen LogP contribution is -2.29. The number of aliphatic hydroxyl groups excluding tert-OH is 1. The summed E-state index contributed by atoms with van der Waals surface area (Å²) >= 11 is 1.32. The maximum absolute atomic E-state index is 12.8. The number of benzene rings is 1. The molecule has 1 saturated heterocycles. The molecule has 1 aliphatic heterocycles. The van der Waals surface area contributed by atoms with E-state index in [1.165, 1.54) is 22.5 Å². The number of Topliss-reactive ketones (excluding diaryl/α,β-unsaturated/α-hetero) is 1. The molecule has 2 aromatic heterocycles. The lowest BCUT2D eigenvalue weighted by Gasteiger charge is -2.20. The van der Waals surface area contributed by atoms with E-state index in [1.54, 1.807) is 42.5 Å². The fourth-order valence-corrected chi connectivity index (χ4v) is 3.99. The number of carbonyl (C=O) groups is 2. The SMILES string of the molecule is Cc1nc(N2C(=O)C(=O)/C(=C(\O)c3ccccc3)[C@@H]2c2ccco2)sc1C. The van der Waals surface area contributed by atoms with Crippen LogP contribution < -0.4 is 4.90 Å². The van der Waals surface area contributed by atoms with Gasteiger partial charge < -0.3 is 9.52 Å². The monoisotopic (exact) mass is 380 g/mol. The summed E-state index contributed by atoms with van der Waals surface area (Å²) in [6.45, 7) is 3.75. The van der Waals surface area contributed by atoms with E-state index in [0.717, 1.165) is 10.6 Å². The molecule has 3 heterocycles. The zero-order valence-electron chi connectivity index (χ0n) is 14.7. The van der Waals surface area contributed by atoms with Crippen molar-refractivity contribution in [2.24, 2.45) is 0 Å². The normalized spacial score (nSPS) is 19.0. The second-order valence-electron chi connectivity index (χ2n) is 6.19. The minimum atomic E-state index is -0.870. The van der Waals surface area contributed by atoms with Crippen molar-refractivity contribution >= 4 is 33.9 Å². The first-order valence-electron chi connectivity index (χ1n) is 8.33. The van der Waals surface area contributed by atoms with Crippen LogP contribution in [0, 0.1) is 13.8 Å². The van der Waals surface area contributed by atoms with Crippen LogP contribution in [0.15, 0.2) is 58.7 Å². The summed E-state index contributed by atoms with van der Waals surface area (Å²) < 4.78 is 5.50. The highest BCUT2D eigenvalue weighted by Crippen LogP contribution is 2.43. The number of furan rings is 1. The topological polar surface area (TPSA) is 83.6 Å². The van der Waals surface area contributed by atoms with Crippen LogP contribution in [0.1, 0.15) is 27.9 Å². The van der Waals surface area contributed by atoms with Gasteiger partial charge in [0.05, 0.1) is 17.5 Å². The maximum Gasteiger partial charge on any atom is 0.302 e. The summed E-state index contributed by atoms with van der Waals surface area (Å²) in [5.41, 5.74) is 1.24. The second kappa shape index (κ2) is 6.51. The predicted molar refractivity (Wildman–Crippen MR) is 102 cm³/mol. The highest BCUT2D eigenvalue weighted by atomic mass is 32.1. The number of thiazole rings is 1. The van der Waals surface area contributed by atoms with Gasteiger partial charge in [-0.1, -0.05) is 30.3 Å². The molecule has 27 heavy (non-hydrogen) atoms. The van der Waals surface area contributed by atoms with Gasteiger partial charge in [0, 0.05) is 10.4 Å². The summed E-state index contributed by atoms with van der Waals surface area (Å²) in [5, 5.41) is 11.2. The zero-order valence-corrected chi connectivity index (χ0v) is 15.5. The molecule has 3 aromatic rings. The Morgan fingerprint density at radius 2 is 1.89 bits per heavy atom. The Kier molecular flexibility index (Phi) is 4.16. The van der Waals surface area contributed by atoms with Crippen LogP contribution in [0.25, 0.3) is 5.76 Å². The van der Waals surface area contributed by atoms with Crippen molar-refractivity contribution in [1.82, 2.24) is 4.98 Å². The van der Waals surface area contributed by atoms with Crippen molar-refractivity contribution in [3.63, 3.8) is 0 Å². The molecule has 7 heteroatoms. The Morgan fingerprint density at radius 3 is 2.48 bits per heavy atom. The van der Waals surface area contributed by atoms with E-state index in [2.05, 4.69) is 4.98 Å². The smallest absolute Gasteiger partial charge is 0.302 e. The van der Waals surface area contributed by atoms with Crippen LogP contribution in [0.2, 0.25) is 0 Å². The largest absolute Gasteiger partial charge is 0.507 e. The molecule has 0 aliphatic carbocycles. The third kappa shape index (κ3) is 2.76. The molecule has 0 radical (unpaired) electrons. The van der Waals surface area contributed by atoms with Crippen molar-refractivity contribution in [2.75, 3.05) is 4.90 Å². The number of aryl methyl sites for hydroxylation is 2. The van der Waals surface area contributed by atoms with Crippen molar-refractivity contribution in [3.05, 3.63) is 76.2 Å². The zero-order chi connectivity index (χ0) is 19.1. The number of ketones is 1. The fourth-order valence-electron chi connectivity index (χ4n) is 3.06. The van der Waals surface area contributed by atoms with Crippen LogP contribution >= 0.6 is 11.3 Å². The van der Waals surface area contributed by atoms with Crippen LogP contribution in [0.4, 0.5) is 5.13 Å². The molecule has 0 saturated carbocycles. The van der Waals surface area contributed by atoms with Crippen LogP contribution in [-0.2, 0) is 9.59 Å². The number of aliphatic hydroxyl groups is 1. The summed E-state index contributed by atoms with van der Waals surface area (Å²) in [6, 6.07) is 11.2. The van der Waals surface area contributed by atoms with Crippen LogP contribution in [0.5, 0.6) is 0 Å². The summed E-state index contributed by atoms with van der Waals surface area (Å²) in [5.74, 6) is -1.34. The fraction of sp³-hybridized carbons (Fsp3) is 0.150. The molecule has 1 atom stereocenters. The third-order valence-corrected chi connectivity index (χ3v) is 5.60. The first kappa shape index (κ1) is 17.2. The van der Waals surface area contributed by atoms with Gasteiger partial charge in [0.1, 0.15) is 17.6 Å². The van der Waals surface area contributed by atoms with Gasteiger partial charge in [0.25, 0.3) is 5.78 Å². The molecule has 1 N–H and O–H groups in total. The number of hydrogen-bond acceptors (Lipinski definition) is 6. The predicted octanol–water partition coefficient (Wildman–Crippen LogP) is 3.98. The number of hydrogen-bond donors (Lipinski definition) is 1. The maximum atomic E-state index is 12.8. The van der Waals surface area contributed by atoms with Gasteiger partial charge in [-0.15, -0.1) is 11.3 Å². The van der Waals surface area contributed by atoms with E-state index in [1.807, 2.05) is 13.8 Å². The molecule has 1 amide bonds. The minimum Gasteiger partial charge on any atom is -0.507 e. The van der Waals surface area contributed by atoms with Gasteiger partial charge >= 0.3 is 5.91 Å². The standard InChI is InChI=1S/C20H16N2O4S/c1-11-12(2)27-20(21-11)22-16(14-9-6-10-26-14)15(18(24)19(22)25)17(23)13-7-4-3-5-8-13/h3-10,16,23H,1-2H3/b17-15-/t16-/m0/s1. The van der Waals surface area contributed by atoms with E-state index < -0.39 is 17.7 Å². The molecular weight excluding hydrogens is 364 g/mol. The number of amides is 1. The average Bonchev–Trinajstić information content (AvgIpc) is 3.36. The number of aromatic nitrogens is 1. The van der Waals surface area contributed by atoms with Crippen molar-refractivity contribution in [2.45, 2.75) is 19.9 Å². The van der Waals surface area contributed by atoms with Crippen molar-refractivity contribution < 1.29 is 19.1 Å². The van der Waals surface area contributed by atoms with E-state index >= 15 is 0 Å². The first-order valence-corrected chi connectivity index (χ1v) is 9.14. The highest BCUT2D eigenvalue weighted by molar-refractivity contribution is 7.16. The molecule has 4 rings (SSSR count). The van der Waals surface area contributed by atoms with Gasteiger partial charge in [0.15, 0.2) is 5.13 Å². The Labute approximate surface area is 159 Å². The van der Waals surface area contributed by atoms with Crippen molar-refractivity contribution in [3.8, 4) is 0 Å². The van der Waals surface area contributed by atoms with Crippen molar-refractivity contribution in [1.29, 1.82) is 0 Å². The van der Waals surface area contributed by atoms with Gasteiger partial charge in [-0.2, -0.15) is 0 Å². The van der Waals surface area contributed by atoms with Gasteiger partial charge in [-0.25, -0.2) is 4.98 Å². The molecule has 1 aliphatic rings. The Balaban J connectivity index is 1.94. The molecule has 0 bridgehead atoms. The molecule has 0 spiro atoms. The number of anilines is 1. The van der Waals surface area contributed by atoms with Gasteiger partial charge in [-0.3, -0.25) is 14.5 Å². The molecular formula is C20H16N2O4S. The highest BCUT2D eigenvalue weighted by Gasteiger charge is 2.49. The summed E-state index contributed by atoms with van der Waals surface area (Å²) in [4.78, 5) is 32.3. The quantitative estimate of drug-likeness (QED) is 0.422. The molecule has 0 unspecified atom stereocenters. The number of carbonyl (C=O) groups excluding carboxylic acids is 2. The average molecular weight is 380 g/mol. The van der Waals surface area contributed by atoms with E-state index in [0.29, 0.717) is 16.5 Å². The second-order valence-corrected chi connectivity index (χ2v) is 7.37. The van der Waals surface area contributed by atoms with Crippen LogP contribution in [-0.4, -0.2) is 21.8 Å². The Morgan fingerprint density at radius 1 is 1.15 bits per heavy atom. The van der Waals surface area contributed by atoms with Crippen LogP contribution in [0.3, 0.4) is 0 Å². The molecule has 6 nitrogen and oxygen atoms in total. The summed E-state index contributed by atoms with van der Waals surface area (Å²) in [7, 11) is 0. The third-order valence-electron chi connectivity index (χ3n) is 4.53. The molecule has 1 aromatic carbocycles. The van der Waals surface area contributed by atoms with E-state index in [4.69, 9.17) is 4.42 Å². The number of nitrogens with zero attached hydrogens (tertiary/aromatic N) is 2.